The van der Waals surface area contributed by atoms with Gasteiger partial charge < -0.3 is 4.90 Å². The van der Waals surface area contributed by atoms with Gasteiger partial charge in [0.05, 0.1) is 6.07 Å². The zero-order valence-corrected chi connectivity index (χ0v) is 19.0. The Labute approximate surface area is 178 Å². The second-order valence-electron chi connectivity index (χ2n) is 11.6. The molecule has 1 heterocycles. The van der Waals surface area contributed by atoms with Crippen molar-refractivity contribution in [3.63, 3.8) is 0 Å². The molecule has 0 bridgehead atoms. The summed E-state index contributed by atoms with van der Waals surface area (Å²) in [6, 6.07) is 11.6. The first-order valence-electron chi connectivity index (χ1n) is 11.7. The van der Waals surface area contributed by atoms with E-state index in [9.17, 15) is 0 Å². The van der Waals surface area contributed by atoms with E-state index in [4.69, 9.17) is 5.26 Å². The molecule has 0 amide bonds. The van der Waals surface area contributed by atoms with Gasteiger partial charge in [-0.05, 0) is 65.9 Å². The third-order valence-corrected chi connectivity index (χ3v) is 7.56. The fourth-order valence-electron chi connectivity index (χ4n) is 6.59. The van der Waals surface area contributed by atoms with Gasteiger partial charge >= 0.3 is 0 Å². The molecule has 158 valence electrons. The standard InChI is InChI=1S/C26H39N3/c1-25(2)16-22(17-26(3,4)19-25)23-7-5-6-8-24(23)29-13-11-28(12-14-29)18-21-15-20(21)9-10-27/h5-8,20-22H,9,11-19H2,1-4H3. The van der Waals surface area contributed by atoms with Gasteiger partial charge in [0.25, 0.3) is 0 Å². The highest BCUT2D eigenvalue weighted by Crippen LogP contribution is 2.53. The van der Waals surface area contributed by atoms with Crippen LogP contribution in [-0.2, 0) is 0 Å². The fourth-order valence-corrected chi connectivity index (χ4v) is 6.59. The molecule has 1 aromatic rings. The number of hydrogen-bond donors (Lipinski definition) is 0. The summed E-state index contributed by atoms with van der Waals surface area (Å²) in [5.74, 6) is 2.12. The van der Waals surface area contributed by atoms with Gasteiger partial charge in [0, 0.05) is 44.8 Å². The molecule has 3 heteroatoms. The number of nitriles is 1. The molecule has 0 radical (unpaired) electrons. The predicted molar refractivity (Wildman–Crippen MR) is 121 cm³/mol. The average molecular weight is 394 g/mol. The van der Waals surface area contributed by atoms with E-state index in [0.29, 0.717) is 22.7 Å². The van der Waals surface area contributed by atoms with Crippen LogP contribution in [0.15, 0.2) is 24.3 Å². The molecule has 1 aliphatic heterocycles. The second-order valence-corrected chi connectivity index (χ2v) is 11.6. The third-order valence-electron chi connectivity index (χ3n) is 7.56. The number of nitrogens with zero attached hydrogens (tertiary/aromatic N) is 3. The van der Waals surface area contributed by atoms with Gasteiger partial charge in [-0.1, -0.05) is 45.9 Å². The van der Waals surface area contributed by atoms with Crippen molar-refractivity contribution >= 4 is 5.69 Å². The first-order chi connectivity index (χ1) is 13.8. The van der Waals surface area contributed by atoms with Crippen LogP contribution in [0.1, 0.15) is 71.3 Å². The highest BCUT2D eigenvalue weighted by Gasteiger charge is 2.40. The molecule has 2 saturated carbocycles. The Bertz CT molecular complexity index is 735. The number of para-hydroxylation sites is 1. The maximum Gasteiger partial charge on any atom is 0.0624 e. The minimum atomic E-state index is 0.419. The molecular weight excluding hydrogens is 354 g/mol. The molecule has 3 aliphatic rings. The van der Waals surface area contributed by atoms with E-state index in [2.05, 4.69) is 67.8 Å². The summed E-state index contributed by atoms with van der Waals surface area (Å²) in [6.07, 6.45) is 5.95. The predicted octanol–water partition coefficient (Wildman–Crippen LogP) is 5.68. The van der Waals surface area contributed by atoms with E-state index in [-0.39, 0.29) is 0 Å². The highest BCUT2D eigenvalue weighted by atomic mass is 15.3. The minimum Gasteiger partial charge on any atom is -0.369 e. The van der Waals surface area contributed by atoms with Crippen LogP contribution in [0.5, 0.6) is 0 Å². The lowest BCUT2D eigenvalue weighted by Gasteiger charge is -2.46. The van der Waals surface area contributed by atoms with Crippen molar-refractivity contribution in [3.05, 3.63) is 29.8 Å². The van der Waals surface area contributed by atoms with Crippen LogP contribution >= 0.6 is 0 Å². The van der Waals surface area contributed by atoms with Crippen molar-refractivity contribution in [2.24, 2.45) is 22.7 Å². The van der Waals surface area contributed by atoms with Gasteiger partial charge in [-0.25, -0.2) is 0 Å². The summed E-state index contributed by atoms with van der Waals surface area (Å²) in [6.45, 7) is 15.6. The summed E-state index contributed by atoms with van der Waals surface area (Å²) in [5.41, 5.74) is 3.91. The summed E-state index contributed by atoms with van der Waals surface area (Å²) in [5, 5.41) is 8.89. The lowest BCUT2D eigenvalue weighted by atomic mass is 9.60. The Morgan fingerprint density at radius 1 is 0.966 bits per heavy atom. The molecule has 2 atom stereocenters. The number of hydrogen-bond acceptors (Lipinski definition) is 3. The Morgan fingerprint density at radius 2 is 1.62 bits per heavy atom. The topological polar surface area (TPSA) is 30.3 Å². The first-order valence-corrected chi connectivity index (χ1v) is 11.7. The molecule has 1 saturated heterocycles. The van der Waals surface area contributed by atoms with Gasteiger partial charge in [-0.15, -0.1) is 0 Å². The van der Waals surface area contributed by atoms with Crippen LogP contribution in [0.25, 0.3) is 0 Å². The molecule has 2 aliphatic carbocycles. The summed E-state index contributed by atoms with van der Waals surface area (Å²) >= 11 is 0. The number of rotatable bonds is 5. The van der Waals surface area contributed by atoms with Crippen LogP contribution in [0.2, 0.25) is 0 Å². The Balaban J connectivity index is 1.41. The van der Waals surface area contributed by atoms with Gasteiger partial charge in [0.15, 0.2) is 0 Å². The summed E-state index contributed by atoms with van der Waals surface area (Å²) in [7, 11) is 0. The van der Waals surface area contributed by atoms with Crippen LogP contribution in [-0.4, -0.2) is 37.6 Å². The SMILES string of the molecule is CC1(C)CC(c2ccccc2N2CCN(CC3CC3CC#N)CC2)CC(C)(C)C1. The Hall–Kier alpha value is -1.53. The number of anilines is 1. The molecule has 0 aromatic heterocycles. The van der Waals surface area contributed by atoms with Crippen molar-refractivity contribution < 1.29 is 0 Å². The van der Waals surface area contributed by atoms with E-state index >= 15 is 0 Å². The quantitative estimate of drug-likeness (QED) is 0.645. The maximum atomic E-state index is 8.89. The van der Waals surface area contributed by atoms with Crippen molar-refractivity contribution in [3.8, 4) is 6.07 Å². The van der Waals surface area contributed by atoms with Gasteiger partial charge in [0.1, 0.15) is 0 Å². The molecule has 3 fully saturated rings. The molecule has 2 unspecified atom stereocenters. The van der Waals surface area contributed by atoms with E-state index in [1.54, 1.807) is 5.56 Å². The van der Waals surface area contributed by atoms with Crippen molar-refractivity contribution in [2.45, 2.75) is 65.7 Å². The fraction of sp³-hybridized carbons (Fsp3) is 0.731. The molecule has 0 N–H and O–H groups in total. The molecular formula is C26H39N3. The van der Waals surface area contributed by atoms with Crippen LogP contribution in [0.3, 0.4) is 0 Å². The van der Waals surface area contributed by atoms with E-state index in [0.717, 1.165) is 38.5 Å². The first kappa shape index (κ1) is 20.7. The molecule has 3 nitrogen and oxygen atoms in total. The zero-order chi connectivity index (χ0) is 20.6. The van der Waals surface area contributed by atoms with Crippen molar-refractivity contribution in [2.75, 3.05) is 37.6 Å². The van der Waals surface area contributed by atoms with Gasteiger partial charge in [0.2, 0.25) is 0 Å². The van der Waals surface area contributed by atoms with Gasteiger partial charge in [-0.2, -0.15) is 5.26 Å². The maximum absolute atomic E-state index is 8.89. The average Bonchev–Trinajstić information content (AvgIpc) is 3.37. The monoisotopic (exact) mass is 393 g/mol. The summed E-state index contributed by atoms with van der Waals surface area (Å²) in [4.78, 5) is 5.27. The van der Waals surface area contributed by atoms with Crippen LogP contribution in [0.4, 0.5) is 5.69 Å². The lowest BCUT2D eigenvalue weighted by Crippen LogP contribution is -2.47. The number of benzene rings is 1. The smallest absolute Gasteiger partial charge is 0.0624 e. The lowest BCUT2D eigenvalue weighted by molar-refractivity contribution is 0.0970. The Morgan fingerprint density at radius 3 is 2.28 bits per heavy atom. The highest BCUT2D eigenvalue weighted by molar-refractivity contribution is 5.56. The van der Waals surface area contributed by atoms with Crippen molar-refractivity contribution in [1.82, 2.24) is 4.90 Å². The van der Waals surface area contributed by atoms with Crippen LogP contribution < -0.4 is 4.90 Å². The molecule has 29 heavy (non-hydrogen) atoms. The zero-order valence-electron chi connectivity index (χ0n) is 19.0. The molecule has 0 spiro atoms. The van der Waals surface area contributed by atoms with E-state index < -0.39 is 0 Å². The molecule has 4 rings (SSSR count). The largest absolute Gasteiger partial charge is 0.369 e. The minimum absolute atomic E-state index is 0.419. The van der Waals surface area contributed by atoms with E-state index in [1.807, 2.05) is 0 Å². The Kier molecular flexibility index (Phi) is 5.68. The van der Waals surface area contributed by atoms with Crippen LogP contribution in [0, 0.1) is 34.0 Å². The van der Waals surface area contributed by atoms with Crippen molar-refractivity contribution in [1.29, 1.82) is 5.26 Å². The molecule has 1 aromatic carbocycles. The van der Waals surface area contributed by atoms with Gasteiger partial charge in [-0.3, -0.25) is 4.90 Å². The summed E-state index contributed by atoms with van der Waals surface area (Å²) < 4.78 is 0. The number of piperazine rings is 1. The van der Waals surface area contributed by atoms with E-state index in [1.165, 1.54) is 37.9 Å². The third kappa shape index (κ3) is 4.97. The second kappa shape index (κ2) is 7.95. The normalized spacial score (nSPS) is 29.4.